The van der Waals surface area contributed by atoms with Gasteiger partial charge >= 0.3 is 0 Å². The van der Waals surface area contributed by atoms with Crippen LogP contribution in [-0.4, -0.2) is 11.3 Å². The van der Waals surface area contributed by atoms with Crippen LogP contribution in [0.2, 0.25) is 5.15 Å². The van der Waals surface area contributed by atoms with Crippen LogP contribution in [0.3, 0.4) is 0 Å². The zero-order valence-electron chi connectivity index (χ0n) is 6.67. The standard InChI is InChI=1S/C8H3ClF2N2O/c9-7-5(3-14)6(8(10)11)4(1-12)2-13-7/h2-3,8H. The van der Waals surface area contributed by atoms with Crippen LogP contribution < -0.4 is 0 Å². The van der Waals surface area contributed by atoms with E-state index in [1.54, 1.807) is 0 Å². The molecule has 1 heterocycles. The molecule has 0 atom stereocenters. The minimum atomic E-state index is -2.93. The average Bonchev–Trinajstić information content (AvgIpc) is 2.17. The second-order valence-electron chi connectivity index (χ2n) is 2.32. The Kier molecular flexibility index (Phi) is 3.10. The molecule has 0 aliphatic carbocycles. The Bertz CT molecular complexity index is 415. The minimum absolute atomic E-state index is 0.164. The molecule has 1 aromatic rings. The summed E-state index contributed by atoms with van der Waals surface area (Å²) in [5, 5.41) is 8.17. The number of hydrogen-bond donors (Lipinski definition) is 0. The van der Waals surface area contributed by atoms with E-state index >= 15 is 0 Å². The number of rotatable bonds is 2. The lowest BCUT2D eigenvalue weighted by Crippen LogP contribution is -2.00. The van der Waals surface area contributed by atoms with E-state index in [1.807, 2.05) is 0 Å². The van der Waals surface area contributed by atoms with Crippen molar-refractivity contribution < 1.29 is 13.6 Å². The quantitative estimate of drug-likeness (QED) is 0.563. The van der Waals surface area contributed by atoms with E-state index in [0.29, 0.717) is 0 Å². The number of alkyl halides is 2. The third-order valence-corrected chi connectivity index (χ3v) is 1.87. The van der Waals surface area contributed by atoms with Gasteiger partial charge in [0.25, 0.3) is 6.43 Å². The molecule has 0 spiro atoms. The molecular formula is C8H3ClF2N2O. The van der Waals surface area contributed by atoms with Gasteiger partial charge in [-0.3, -0.25) is 4.79 Å². The molecule has 0 unspecified atom stereocenters. The largest absolute Gasteiger partial charge is 0.298 e. The van der Waals surface area contributed by atoms with Gasteiger partial charge in [-0.25, -0.2) is 13.8 Å². The highest BCUT2D eigenvalue weighted by molar-refractivity contribution is 6.31. The van der Waals surface area contributed by atoms with Gasteiger partial charge in [0.1, 0.15) is 11.2 Å². The molecule has 0 fully saturated rings. The Labute approximate surface area is 82.9 Å². The molecule has 0 aromatic carbocycles. The van der Waals surface area contributed by atoms with Crippen molar-refractivity contribution in [1.82, 2.24) is 4.98 Å². The number of hydrogen-bond acceptors (Lipinski definition) is 3. The number of halogens is 3. The van der Waals surface area contributed by atoms with Gasteiger partial charge in [-0.15, -0.1) is 0 Å². The smallest absolute Gasteiger partial charge is 0.265 e. The van der Waals surface area contributed by atoms with Crippen LogP contribution in [0.15, 0.2) is 6.20 Å². The van der Waals surface area contributed by atoms with Gasteiger partial charge in [-0.2, -0.15) is 5.26 Å². The number of nitriles is 1. The van der Waals surface area contributed by atoms with E-state index in [9.17, 15) is 13.6 Å². The van der Waals surface area contributed by atoms with E-state index < -0.39 is 17.6 Å². The fourth-order valence-electron chi connectivity index (χ4n) is 0.953. The first-order valence-electron chi connectivity index (χ1n) is 3.43. The molecule has 0 radical (unpaired) electrons. The Hall–Kier alpha value is -1.54. The average molecular weight is 217 g/mol. The summed E-state index contributed by atoms with van der Waals surface area (Å²) < 4.78 is 24.9. The van der Waals surface area contributed by atoms with Crippen LogP contribution >= 0.6 is 11.6 Å². The van der Waals surface area contributed by atoms with Crippen LogP contribution in [0.5, 0.6) is 0 Å². The first kappa shape index (κ1) is 10.5. The van der Waals surface area contributed by atoms with Gasteiger partial charge in [0.2, 0.25) is 0 Å². The van der Waals surface area contributed by atoms with Crippen molar-refractivity contribution in [2.75, 3.05) is 0 Å². The molecule has 0 saturated carbocycles. The molecule has 1 aromatic heterocycles. The Balaban J connectivity index is 3.54. The van der Waals surface area contributed by atoms with Crippen LogP contribution in [0.4, 0.5) is 8.78 Å². The fourth-order valence-corrected chi connectivity index (χ4v) is 1.15. The van der Waals surface area contributed by atoms with E-state index in [2.05, 4.69) is 4.98 Å². The van der Waals surface area contributed by atoms with Crippen molar-refractivity contribution in [1.29, 1.82) is 5.26 Å². The summed E-state index contributed by atoms with van der Waals surface area (Å²) in [7, 11) is 0. The monoisotopic (exact) mass is 216 g/mol. The predicted octanol–water partition coefficient (Wildman–Crippen LogP) is 2.36. The zero-order chi connectivity index (χ0) is 10.7. The van der Waals surface area contributed by atoms with Gasteiger partial charge in [0.15, 0.2) is 6.29 Å². The molecular weight excluding hydrogens is 214 g/mol. The number of aromatic nitrogens is 1. The van der Waals surface area contributed by atoms with Crippen LogP contribution in [0.1, 0.15) is 27.9 Å². The highest BCUT2D eigenvalue weighted by atomic mass is 35.5. The summed E-state index contributed by atoms with van der Waals surface area (Å²) in [6.07, 6.45) is -1.85. The topological polar surface area (TPSA) is 53.8 Å². The normalized spacial score (nSPS) is 9.93. The molecule has 6 heteroatoms. The third kappa shape index (κ3) is 1.70. The van der Waals surface area contributed by atoms with E-state index in [4.69, 9.17) is 16.9 Å². The van der Waals surface area contributed by atoms with Crippen molar-refractivity contribution in [3.8, 4) is 6.07 Å². The van der Waals surface area contributed by atoms with Gasteiger partial charge in [-0.1, -0.05) is 11.6 Å². The van der Waals surface area contributed by atoms with Gasteiger partial charge in [0.05, 0.1) is 16.7 Å². The lowest BCUT2D eigenvalue weighted by Gasteiger charge is -2.05. The van der Waals surface area contributed by atoms with Crippen LogP contribution in [0, 0.1) is 11.3 Å². The first-order valence-corrected chi connectivity index (χ1v) is 3.81. The molecule has 0 saturated heterocycles. The van der Waals surface area contributed by atoms with Crippen LogP contribution in [0.25, 0.3) is 0 Å². The molecule has 14 heavy (non-hydrogen) atoms. The molecule has 0 aliphatic rings. The number of pyridine rings is 1. The van der Waals surface area contributed by atoms with Crippen molar-refractivity contribution in [2.24, 2.45) is 0 Å². The van der Waals surface area contributed by atoms with E-state index in [0.717, 1.165) is 6.20 Å². The second kappa shape index (κ2) is 4.11. The maximum atomic E-state index is 12.4. The Morgan fingerprint density at radius 3 is 2.71 bits per heavy atom. The molecule has 0 bridgehead atoms. The number of carbonyl (C=O) groups excluding carboxylic acids is 1. The lowest BCUT2D eigenvalue weighted by molar-refractivity contribution is 0.110. The molecule has 1 rings (SSSR count). The van der Waals surface area contributed by atoms with Crippen molar-refractivity contribution in [2.45, 2.75) is 6.43 Å². The molecule has 0 aliphatic heterocycles. The van der Waals surface area contributed by atoms with E-state index in [1.165, 1.54) is 6.07 Å². The summed E-state index contributed by atoms with van der Waals surface area (Å²) >= 11 is 5.42. The predicted molar refractivity (Wildman–Crippen MR) is 44.3 cm³/mol. The Morgan fingerprint density at radius 1 is 1.64 bits per heavy atom. The molecule has 72 valence electrons. The number of carbonyl (C=O) groups is 1. The summed E-state index contributed by atoms with van der Waals surface area (Å²) in [5.74, 6) is 0. The van der Waals surface area contributed by atoms with Crippen LogP contribution in [-0.2, 0) is 0 Å². The fraction of sp³-hybridized carbons (Fsp3) is 0.125. The SMILES string of the molecule is N#Cc1cnc(Cl)c(C=O)c1C(F)F. The Morgan fingerprint density at radius 2 is 2.29 bits per heavy atom. The third-order valence-electron chi connectivity index (χ3n) is 1.57. The lowest BCUT2D eigenvalue weighted by atomic mass is 10.1. The van der Waals surface area contributed by atoms with Gasteiger partial charge in [0, 0.05) is 6.20 Å². The summed E-state index contributed by atoms with van der Waals surface area (Å²) in [5.41, 5.74) is -1.44. The maximum absolute atomic E-state index is 12.4. The highest BCUT2D eigenvalue weighted by Crippen LogP contribution is 2.28. The number of aldehydes is 1. The first-order chi connectivity index (χ1) is 6.61. The minimum Gasteiger partial charge on any atom is -0.298 e. The van der Waals surface area contributed by atoms with Crippen molar-refractivity contribution in [3.63, 3.8) is 0 Å². The summed E-state index contributed by atoms with van der Waals surface area (Å²) in [6.45, 7) is 0. The summed E-state index contributed by atoms with van der Waals surface area (Å²) in [4.78, 5) is 13.9. The zero-order valence-corrected chi connectivity index (χ0v) is 7.42. The highest BCUT2D eigenvalue weighted by Gasteiger charge is 2.20. The molecule has 3 nitrogen and oxygen atoms in total. The number of nitrogens with zero attached hydrogens (tertiary/aromatic N) is 2. The summed E-state index contributed by atoms with van der Waals surface area (Å²) in [6, 6.07) is 1.52. The van der Waals surface area contributed by atoms with Crippen molar-refractivity contribution >= 4 is 17.9 Å². The van der Waals surface area contributed by atoms with Gasteiger partial charge in [-0.05, 0) is 0 Å². The van der Waals surface area contributed by atoms with E-state index in [-0.39, 0.29) is 17.0 Å². The second-order valence-corrected chi connectivity index (χ2v) is 2.68. The molecule has 0 N–H and O–H groups in total. The molecule has 0 amide bonds. The maximum Gasteiger partial charge on any atom is 0.265 e. The van der Waals surface area contributed by atoms with Gasteiger partial charge < -0.3 is 0 Å². The van der Waals surface area contributed by atoms with Crippen molar-refractivity contribution in [3.05, 3.63) is 28.0 Å².